The fourth-order valence-corrected chi connectivity index (χ4v) is 2.03. The molecule has 2 aromatic carbocycles. The zero-order valence-corrected chi connectivity index (χ0v) is 10.1. The molecule has 0 atom stereocenters. The number of nitro benzene ring substituents is 3. The molecule has 0 saturated carbocycles. The topological polar surface area (TPSA) is 146 Å². The van der Waals surface area contributed by atoms with Crippen molar-refractivity contribution in [2.24, 2.45) is 0 Å². The van der Waals surface area contributed by atoms with Gasteiger partial charge in [0.05, 0.1) is 25.5 Å². The first-order valence-electron chi connectivity index (χ1n) is 5.36. The number of carbonyl (C=O) groups excluding carboxylic acids is 1. The summed E-state index contributed by atoms with van der Waals surface area (Å²) in [4.78, 5) is 41.1. The Morgan fingerprint density at radius 1 is 0.857 bits per heavy atom. The minimum Gasteiger partial charge on any atom is -0.298 e. The van der Waals surface area contributed by atoms with Gasteiger partial charge >= 0.3 is 11.4 Å². The van der Waals surface area contributed by atoms with Gasteiger partial charge in [-0.05, 0) is 12.1 Å². The molecule has 0 spiro atoms. The molecule has 0 aliphatic carbocycles. The average molecular weight is 291 g/mol. The number of benzene rings is 2. The molecule has 10 heteroatoms. The van der Waals surface area contributed by atoms with Crippen molar-refractivity contribution in [2.45, 2.75) is 0 Å². The number of hydrogen-bond acceptors (Lipinski definition) is 7. The zero-order chi connectivity index (χ0) is 15.7. The average Bonchev–Trinajstić information content (AvgIpc) is 2.43. The van der Waals surface area contributed by atoms with Gasteiger partial charge in [0.2, 0.25) is 0 Å². The lowest BCUT2D eigenvalue weighted by molar-refractivity contribution is -0.421. The second kappa shape index (κ2) is 4.92. The van der Waals surface area contributed by atoms with Crippen LogP contribution in [0.2, 0.25) is 0 Å². The van der Waals surface area contributed by atoms with E-state index in [1.165, 1.54) is 6.07 Å². The van der Waals surface area contributed by atoms with Gasteiger partial charge in [-0.2, -0.15) is 0 Å². The van der Waals surface area contributed by atoms with E-state index in [1.54, 1.807) is 0 Å². The molecule has 0 radical (unpaired) electrons. The molecule has 0 unspecified atom stereocenters. The Hall–Kier alpha value is -3.43. The van der Waals surface area contributed by atoms with Crippen LogP contribution in [0.15, 0.2) is 24.3 Å². The first-order chi connectivity index (χ1) is 9.88. The predicted octanol–water partition coefficient (Wildman–Crippen LogP) is 2.38. The highest BCUT2D eigenvalue weighted by molar-refractivity contribution is 6.05. The summed E-state index contributed by atoms with van der Waals surface area (Å²) in [5, 5.41) is 32.5. The van der Waals surface area contributed by atoms with Gasteiger partial charge in [0.25, 0.3) is 5.69 Å². The summed E-state index contributed by atoms with van der Waals surface area (Å²) < 4.78 is 0. The Kier molecular flexibility index (Phi) is 3.28. The number of fused-ring (bicyclic) bond motifs is 1. The van der Waals surface area contributed by atoms with E-state index in [1.807, 2.05) is 0 Å². The van der Waals surface area contributed by atoms with Gasteiger partial charge in [-0.15, -0.1) is 0 Å². The number of nitro groups is 3. The number of nitrogens with zero attached hydrogens (tertiary/aromatic N) is 3. The van der Waals surface area contributed by atoms with Crippen LogP contribution in [0.3, 0.4) is 0 Å². The number of aldehydes is 1. The van der Waals surface area contributed by atoms with Crippen molar-refractivity contribution < 1.29 is 19.6 Å². The van der Waals surface area contributed by atoms with Gasteiger partial charge in [-0.3, -0.25) is 35.1 Å². The highest BCUT2D eigenvalue weighted by atomic mass is 16.6. The molecule has 0 heterocycles. The van der Waals surface area contributed by atoms with E-state index in [-0.39, 0.29) is 17.1 Å². The molecule has 0 amide bonds. The van der Waals surface area contributed by atoms with Gasteiger partial charge in [-0.1, -0.05) is 6.07 Å². The molecular formula is C11H5N3O7. The lowest BCUT2D eigenvalue weighted by Gasteiger charge is -2.03. The molecule has 10 nitrogen and oxygen atoms in total. The number of rotatable bonds is 4. The summed E-state index contributed by atoms with van der Waals surface area (Å²) in [7, 11) is 0. The molecule has 2 aromatic rings. The Balaban J connectivity index is 3.10. The van der Waals surface area contributed by atoms with Crippen LogP contribution in [0.4, 0.5) is 17.1 Å². The van der Waals surface area contributed by atoms with Crippen molar-refractivity contribution >= 4 is 34.1 Å². The Bertz CT molecular complexity index is 815. The van der Waals surface area contributed by atoms with Crippen LogP contribution >= 0.6 is 0 Å². The van der Waals surface area contributed by atoms with E-state index < -0.39 is 37.4 Å². The summed E-state index contributed by atoms with van der Waals surface area (Å²) in [6.45, 7) is 0. The van der Waals surface area contributed by atoms with Crippen molar-refractivity contribution in [2.75, 3.05) is 0 Å². The van der Waals surface area contributed by atoms with Gasteiger partial charge in [-0.25, -0.2) is 0 Å². The van der Waals surface area contributed by atoms with Crippen molar-refractivity contribution in [3.63, 3.8) is 0 Å². The van der Waals surface area contributed by atoms with E-state index in [2.05, 4.69) is 0 Å². The molecule has 0 aliphatic rings. The molecule has 21 heavy (non-hydrogen) atoms. The molecule has 0 aromatic heterocycles. The van der Waals surface area contributed by atoms with Crippen LogP contribution < -0.4 is 0 Å². The van der Waals surface area contributed by atoms with Crippen LogP contribution in [-0.4, -0.2) is 21.1 Å². The fourth-order valence-electron chi connectivity index (χ4n) is 2.03. The monoisotopic (exact) mass is 291 g/mol. The molecular weight excluding hydrogens is 286 g/mol. The smallest absolute Gasteiger partial charge is 0.298 e. The van der Waals surface area contributed by atoms with E-state index in [0.717, 1.165) is 18.2 Å². The zero-order valence-electron chi connectivity index (χ0n) is 10.1. The van der Waals surface area contributed by atoms with E-state index in [0.29, 0.717) is 0 Å². The maximum absolute atomic E-state index is 11.1. The van der Waals surface area contributed by atoms with Crippen molar-refractivity contribution in [3.05, 3.63) is 60.2 Å². The summed E-state index contributed by atoms with van der Waals surface area (Å²) >= 11 is 0. The van der Waals surface area contributed by atoms with E-state index >= 15 is 0 Å². The first-order valence-corrected chi connectivity index (χ1v) is 5.36. The van der Waals surface area contributed by atoms with Gasteiger partial charge < -0.3 is 0 Å². The lowest BCUT2D eigenvalue weighted by atomic mass is 10.0. The second-order valence-electron chi connectivity index (χ2n) is 3.92. The maximum atomic E-state index is 11.1. The van der Waals surface area contributed by atoms with Crippen LogP contribution in [0.1, 0.15) is 10.4 Å². The molecule has 0 aliphatic heterocycles. The molecule has 0 fully saturated rings. The summed E-state index contributed by atoms with van der Waals surface area (Å²) in [6.07, 6.45) is 0.0568. The summed E-state index contributed by atoms with van der Waals surface area (Å²) in [6, 6.07) is 4.33. The third-order valence-electron chi connectivity index (χ3n) is 2.82. The quantitative estimate of drug-likeness (QED) is 0.477. The highest BCUT2D eigenvalue weighted by Crippen LogP contribution is 2.40. The van der Waals surface area contributed by atoms with E-state index in [9.17, 15) is 35.1 Å². The molecule has 2 rings (SSSR count). The fraction of sp³-hybridized carbons (Fsp3) is 0. The number of carbonyl (C=O) groups is 1. The summed E-state index contributed by atoms with van der Waals surface area (Å²) in [5.41, 5.74) is -2.99. The van der Waals surface area contributed by atoms with Crippen LogP contribution in [-0.2, 0) is 0 Å². The Morgan fingerprint density at radius 3 is 1.95 bits per heavy atom. The first kappa shape index (κ1) is 14.0. The predicted molar refractivity (Wildman–Crippen MR) is 69.3 cm³/mol. The standard InChI is InChI=1S/C11H5N3O7/c15-5-6-4-8-7(2-1-3-9(8)12(16)17)11(14(20)21)10(6)13(18)19/h1-5H. The largest absolute Gasteiger partial charge is 0.357 e. The normalized spacial score (nSPS) is 10.3. The molecule has 0 N–H and O–H groups in total. The van der Waals surface area contributed by atoms with Gasteiger partial charge in [0.15, 0.2) is 6.29 Å². The Morgan fingerprint density at radius 2 is 1.48 bits per heavy atom. The minimum absolute atomic E-state index is 0.0568. The number of non-ortho nitro benzene ring substituents is 1. The van der Waals surface area contributed by atoms with Crippen molar-refractivity contribution in [1.82, 2.24) is 0 Å². The minimum atomic E-state index is -1.06. The second-order valence-corrected chi connectivity index (χ2v) is 3.92. The van der Waals surface area contributed by atoms with E-state index in [4.69, 9.17) is 0 Å². The molecule has 0 saturated heterocycles. The van der Waals surface area contributed by atoms with Crippen LogP contribution in [0, 0.1) is 30.3 Å². The van der Waals surface area contributed by atoms with Crippen LogP contribution in [0.25, 0.3) is 10.8 Å². The van der Waals surface area contributed by atoms with Gasteiger partial charge in [0.1, 0.15) is 5.56 Å². The lowest BCUT2D eigenvalue weighted by Crippen LogP contribution is -2.02. The third-order valence-corrected chi connectivity index (χ3v) is 2.82. The summed E-state index contributed by atoms with van der Waals surface area (Å²) in [5.74, 6) is 0. The number of hydrogen-bond donors (Lipinski definition) is 0. The molecule has 106 valence electrons. The van der Waals surface area contributed by atoms with Crippen molar-refractivity contribution in [3.8, 4) is 0 Å². The molecule has 0 bridgehead atoms. The SMILES string of the molecule is O=Cc1cc2c([N+](=O)[O-])cccc2c([N+](=O)[O-])c1[N+](=O)[O-]. The third kappa shape index (κ3) is 2.14. The highest BCUT2D eigenvalue weighted by Gasteiger charge is 2.33. The van der Waals surface area contributed by atoms with Gasteiger partial charge in [0, 0.05) is 6.07 Å². The maximum Gasteiger partial charge on any atom is 0.357 e. The van der Waals surface area contributed by atoms with Crippen LogP contribution in [0.5, 0.6) is 0 Å². The Labute approximate surface area is 115 Å². The van der Waals surface area contributed by atoms with Crippen molar-refractivity contribution in [1.29, 1.82) is 0 Å².